The first-order valence-electron chi connectivity index (χ1n) is 2.76. The molecule has 1 nitrogen and oxygen atoms in total. The van der Waals surface area contributed by atoms with Gasteiger partial charge in [-0.25, -0.2) is 0 Å². The summed E-state index contributed by atoms with van der Waals surface area (Å²) in [5.74, 6) is 5.85. The van der Waals surface area contributed by atoms with Crippen molar-refractivity contribution in [2.24, 2.45) is 11.7 Å². The Morgan fingerprint density at radius 2 is 2.56 bits per heavy atom. The van der Waals surface area contributed by atoms with Gasteiger partial charge in [0, 0.05) is 0 Å². The summed E-state index contributed by atoms with van der Waals surface area (Å²) in [7, 11) is 0. The molecule has 1 unspecified atom stereocenters. The van der Waals surface area contributed by atoms with Crippen molar-refractivity contribution in [2.45, 2.75) is 6.42 Å². The number of hydrogen-bond acceptors (Lipinski definition) is 1. The number of hydrogen-bond donors (Lipinski definition) is 1. The maximum atomic E-state index is 5.36. The summed E-state index contributed by atoms with van der Waals surface area (Å²) in [5, 5.41) is 0. The maximum absolute atomic E-state index is 5.36. The van der Waals surface area contributed by atoms with E-state index in [1.165, 1.54) is 0 Å². The molecule has 2 N–H and O–H groups in total. The lowest BCUT2D eigenvalue weighted by atomic mass is 10.0. The van der Waals surface area contributed by atoms with Crippen molar-refractivity contribution in [3.8, 4) is 11.8 Å². The minimum atomic E-state index is 0.116. The average Bonchev–Trinajstić information content (AvgIpc) is 1.90. The SMILES string of the molecule is NC(=S)C1C#CC=CC1. The molecule has 0 bridgehead atoms. The molecule has 1 aliphatic rings. The predicted octanol–water partition coefficient (Wildman–Crippen LogP) is 0.852. The number of nitrogens with two attached hydrogens (primary N) is 1. The van der Waals surface area contributed by atoms with Gasteiger partial charge in [-0.3, -0.25) is 0 Å². The van der Waals surface area contributed by atoms with E-state index in [0.717, 1.165) is 6.42 Å². The van der Waals surface area contributed by atoms with Gasteiger partial charge in [-0.2, -0.15) is 0 Å². The third-order valence-corrected chi connectivity index (χ3v) is 1.46. The van der Waals surface area contributed by atoms with Crippen molar-refractivity contribution >= 4 is 17.2 Å². The van der Waals surface area contributed by atoms with Crippen LogP contribution < -0.4 is 5.73 Å². The molecule has 0 saturated carbocycles. The molecule has 2 heteroatoms. The Morgan fingerprint density at radius 3 is 2.89 bits per heavy atom. The molecule has 0 heterocycles. The second-order valence-electron chi connectivity index (χ2n) is 1.88. The summed E-state index contributed by atoms with van der Waals surface area (Å²) in [4.78, 5) is 0.506. The normalized spacial score (nSPS) is 22.4. The lowest BCUT2D eigenvalue weighted by Crippen LogP contribution is -2.19. The van der Waals surface area contributed by atoms with Crippen LogP contribution >= 0.6 is 12.2 Å². The summed E-state index contributed by atoms with van der Waals surface area (Å²) < 4.78 is 0. The zero-order valence-corrected chi connectivity index (χ0v) is 5.74. The van der Waals surface area contributed by atoms with Crippen LogP contribution in [0.15, 0.2) is 12.2 Å². The topological polar surface area (TPSA) is 26.0 Å². The Morgan fingerprint density at radius 1 is 1.78 bits per heavy atom. The van der Waals surface area contributed by atoms with Crippen LogP contribution in [0, 0.1) is 17.8 Å². The Balaban J connectivity index is 2.63. The van der Waals surface area contributed by atoms with Gasteiger partial charge in [-0.15, -0.1) is 0 Å². The first-order valence-corrected chi connectivity index (χ1v) is 3.17. The van der Waals surface area contributed by atoms with Gasteiger partial charge in [0.25, 0.3) is 0 Å². The van der Waals surface area contributed by atoms with Crippen LogP contribution in [0.1, 0.15) is 6.42 Å². The lowest BCUT2D eigenvalue weighted by Gasteiger charge is -2.05. The first-order chi connectivity index (χ1) is 4.30. The quantitative estimate of drug-likeness (QED) is 0.428. The highest BCUT2D eigenvalue weighted by Crippen LogP contribution is 2.05. The average molecular weight is 137 g/mol. The lowest BCUT2D eigenvalue weighted by molar-refractivity contribution is 0.911. The summed E-state index contributed by atoms with van der Waals surface area (Å²) in [6.45, 7) is 0. The Bertz CT molecular complexity index is 207. The fourth-order valence-electron chi connectivity index (χ4n) is 0.658. The molecule has 46 valence electrons. The monoisotopic (exact) mass is 137 g/mol. The van der Waals surface area contributed by atoms with Gasteiger partial charge >= 0.3 is 0 Å². The summed E-state index contributed by atoms with van der Waals surface area (Å²) >= 11 is 4.76. The zero-order chi connectivity index (χ0) is 6.69. The Kier molecular flexibility index (Phi) is 1.86. The van der Waals surface area contributed by atoms with E-state index in [4.69, 9.17) is 18.0 Å². The molecule has 0 aromatic rings. The molecule has 9 heavy (non-hydrogen) atoms. The van der Waals surface area contributed by atoms with Crippen LogP contribution in [0.3, 0.4) is 0 Å². The Hall–Kier alpha value is -0.810. The standard InChI is InChI=1S/C7H7NS/c8-7(9)6-4-2-1-3-5-6/h1-2,6H,4H2,(H2,8,9). The molecule has 1 atom stereocenters. The molecule has 1 rings (SSSR count). The fraction of sp³-hybridized carbons (Fsp3) is 0.286. The van der Waals surface area contributed by atoms with Crippen molar-refractivity contribution in [3.05, 3.63) is 12.2 Å². The highest BCUT2D eigenvalue weighted by atomic mass is 32.1. The summed E-state index contributed by atoms with van der Waals surface area (Å²) in [5.41, 5.74) is 5.36. The highest BCUT2D eigenvalue weighted by Gasteiger charge is 2.06. The van der Waals surface area contributed by atoms with E-state index >= 15 is 0 Å². The molecule has 0 aliphatic heterocycles. The minimum Gasteiger partial charge on any atom is -0.392 e. The molecule has 1 aliphatic carbocycles. The molecular formula is C7H7NS. The van der Waals surface area contributed by atoms with E-state index in [0.29, 0.717) is 4.99 Å². The molecule has 0 aromatic heterocycles. The van der Waals surface area contributed by atoms with E-state index in [1.54, 1.807) is 0 Å². The van der Waals surface area contributed by atoms with Crippen molar-refractivity contribution in [1.29, 1.82) is 0 Å². The smallest absolute Gasteiger partial charge is 0.0883 e. The van der Waals surface area contributed by atoms with Crippen LogP contribution in [0.2, 0.25) is 0 Å². The minimum absolute atomic E-state index is 0.116. The van der Waals surface area contributed by atoms with Crippen LogP contribution in [-0.4, -0.2) is 4.99 Å². The van der Waals surface area contributed by atoms with E-state index < -0.39 is 0 Å². The molecule has 0 radical (unpaired) electrons. The van der Waals surface area contributed by atoms with Crippen LogP contribution in [0.5, 0.6) is 0 Å². The third kappa shape index (κ3) is 1.55. The van der Waals surface area contributed by atoms with Gasteiger partial charge in [0.1, 0.15) is 0 Å². The van der Waals surface area contributed by atoms with Crippen LogP contribution in [0.25, 0.3) is 0 Å². The van der Waals surface area contributed by atoms with Crippen molar-refractivity contribution in [2.75, 3.05) is 0 Å². The van der Waals surface area contributed by atoms with Gasteiger partial charge in [0.15, 0.2) is 0 Å². The van der Waals surface area contributed by atoms with Crippen LogP contribution in [0.4, 0.5) is 0 Å². The number of rotatable bonds is 1. The molecule has 0 spiro atoms. The second-order valence-corrected chi connectivity index (χ2v) is 2.35. The van der Waals surface area contributed by atoms with Gasteiger partial charge in [-0.05, 0) is 12.5 Å². The number of thiocarbonyl (C=S) groups is 1. The summed E-state index contributed by atoms with van der Waals surface area (Å²) in [6, 6.07) is 0. The van der Waals surface area contributed by atoms with Gasteiger partial charge in [0.2, 0.25) is 0 Å². The Labute approximate surface area is 59.9 Å². The van der Waals surface area contributed by atoms with Crippen molar-refractivity contribution < 1.29 is 0 Å². The van der Waals surface area contributed by atoms with E-state index in [9.17, 15) is 0 Å². The van der Waals surface area contributed by atoms with Crippen molar-refractivity contribution in [1.82, 2.24) is 0 Å². The molecular weight excluding hydrogens is 130 g/mol. The fourth-order valence-corrected chi connectivity index (χ4v) is 0.813. The van der Waals surface area contributed by atoms with E-state index in [2.05, 4.69) is 11.8 Å². The molecule has 0 saturated heterocycles. The van der Waals surface area contributed by atoms with Gasteiger partial charge in [0.05, 0.1) is 10.9 Å². The maximum Gasteiger partial charge on any atom is 0.0883 e. The highest BCUT2D eigenvalue weighted by molar-refractivity contribution is 7.80. The van der Waals surface area contributed by atoms with E-state index in [-0.39, 0.29) is 5.92 Å². The first kappa shape index (κ1) is 6.31. The van der Waals surface area contributed by atoms with E-state index in [1.807, 2.05) is 12.2 Å². The van der Waals surface area contributed by atoms with Gasteiger partial charge in [-0.1, -0.05) is 30.1 Å². The van der Waals surface area contributed by atoms with Crippen LogP contribution in [-0.2, 0) is 0 Å². The predicted molar refractivity (Wildman–Crippen MR) is 41.8 cm³/mol. The molecule has 0 aromatic carbocycles. The third-order valence-electron chi connectivity index (χ3n) is 1.17. The largest absolute Gasteiger partial charge is 0.392 e. The second kappa shape index (κ2) is 2.65. The zero-order valence-electron chi connectivity index (χ0n) is 4.92. The van der Waals surface area contributed by atoms with Gasteiger partial charge < -0.3 is 5.73 Å². The van der Waals surface area contributed by atoms with Crippen molar-refractivity contribution in [3.63, 3.8) is 0 Å². The summed E-state index contributed by atoms with van der Waals surface area (Å²) in [6.07, 6.45) is 4.69. The molecule has 0 fully saturated rings. The molecule has 0 amide bonds. The number of allylic oxidation sites excluding steroid dienone is 2.